The van der Waals surface area contributed by atoms with Crippen molar-refractivity contribution >= 4 is 15.9 Å². The maximum atomic E-state index is 3.41. The Kier molecular flexibility index (Phi) is 1.55. The summed E-state index contributed by atoms with van der Waals surface area (Å²) in [7, 11) is 0. The summed E-state index contributed by atoms with van der Waals surface area (Å²) in [6, 6.07) is 8.48. The molecule has 0 saturated carbocycles. The van der Waals surface area contributed by atoms with Gasteiger partial charge in [0, 0.05) is 11.0 Å². The van der Waals surface area contributed by atoms with Gasteiger partial charge in [0.15, 0.2) is 0 Å². The monoisotopic (exact) mass is 211 g/mol. The molecule has 1 aromatic rings. The summed E-state index contributed by atoms with van der Waals surface area (Å²) >= 11 is 3.41. The molecule has 0 aromatic heterocycles. The third kappa shape index (κ3) is 1.33. The minimum Gasteiger partial charge on any atom is -0.304 e. The standard InChI is InChI=1S/C9H10BrN/c1-9(6-11-9)7-2-4-8(10)5-3-7/h2-5,11H,6H2,1H3. The lowest BCUT2D eigenvalue weighted by atomic mass is 10.0. The number of benzene rings is 1. The third-order valence-electron chi connectivity index (χ3n) is 2.19. The molecule has 1 aliphatic heterocycles. The van der Waals surface area contributed by atoms with E-state index in [-0.39, 0.29) is 5.54 Å². The van der Waals surface area contributed by atoms with Crippen LogP contribution in [0.25, 0.3) is 0 Å². The van der Waals surface area contributed by atoms with Crippen molar-refractivity contribution in [1.82, 2.24) is 5.32 Å². The maximum Gasteiger partial charge on any atom is 0.0533 e. The second-order valence-corrected chi connectivity index (χ2v) is 4.11. The van der Waals surface area contributed by atoms with Crippen molar-refractivity contribution in [3.63, 3.8) is 0 Å². The van der Waals surface area contributed by atoms with E-state index in [4.69, 9.17) is 0 Å². The summed E-state index contributed by atoms with van der Waals surface area (Å²) in [6.45, 7) is 3.32. The Bertz CT molecular complexity index is 261. The van der Waals surface area contributed by atoms with Gasteiger partial charge in [0.25, 0.3) is 0 Å². The normalized spacial score (nSPS) is 28.5. The van der Waals surface area contributed by atoms with Crippen LogP contribution in [0, 0.1) is 0 Å². The number of hydrogen-bond acceptors (Lipinski definition) is 1. The Morgan fingerprint density at radius 2 is 1.91 bits per heavy atom. The first-order chi connectivity index (χ1) is 5.21. The highest BCUT2D eigenvalue weighted by Crippen LogP contribution is 2.30. The van der Waals surface area contributed by atoms with Gasteiger partial charge in [0.05, 0.1) is 5.54 Å². The maximum absolute atomic E-state index is 3.41. The highest BCUT2D eigenvalue weighted by atomic mass is 79.9. The van der Waals surface area contributed by atoms with Crippen molar-refractivity contribution < 1.29 is 0 Å². The summed E-state index contributed by atoms with van der Waals surface area (Å²) in [6.07, 6.45) is 0. The van der Waals surface area contributed by atoms with Crippen LogP contribution in [0.4, 0.5) is 0 Å². The predicted molar refractivity (Wildman–Crippen MR) is 49.5 cm³/mol. The van der Waals surface area contributed by atoms with Crippen LogP contribution in [0.15, 0.2) is 28.7 Å². The van der Waals surface area contributed by atoms with E-state index in [0.29, 0.717) is 0 Å². The van der Waals surface area contributed by atoms with Crippen LogP contribution in [0.1, 0.15) is 12.5 Å². The van der Waals surface area contributed by atoms with Crippen LogP contribution >= 0.6 is 15.9 Å². The number of hydrogen-bond donors (Lipinski definition) is 1. The quantitative estimate of drug-likeness (QED) is 0.708. The largest absolute Gasteiger partial charge is 0.304 e. The average molecular weight is 212 g/mol. The van der Waals surface area contributed by atoms with E-state index >= 15 is 0 Å². The van der Waals surface area contributed by atoms with Crippen molar-refractivity contribution in [2.45, 2.75) is 12.5 Å². The molecule has 2 rings (SSSR count). The van der Waals surface area contributed by atoms with E-state index in [0.717, 1.165) is 11.0 Å². The van der Waals surface area contributed by atoms with Gasteiger partial charge in [-0.15, -0.1) is 0 Å². The Morgan fingerprint density at radius 3 is 2.36 bits per heavy atom. The Hall–Kier alpha value is -0.340. The topological polar surface area (TPSA) is 21.9 Å². The molecule has 11 heavy (non-hydrogen) atoms. The van der Waals surface area contributed by atoms with Gasteiger partial charge in [0.2, 0.25) is 0 Å². The molecule has 1 saturated heterocycles. The summed E-state index contributed by atoms with van der Waals surface area (Å²) < 4.78 is 1.14. The second kappa shape index (κ2) is 2.32. The smallest absolute Gasteiger partial charge is 0.0533 e. The molecule has 1 heterocycles. The molecule has 0 aliphatic carbocycles. The molecule has 1 nitrogen and oxygen atoms in total. The average Bonchev–Trinajstić information content (AvgIpc) is 2.70. The Labute approximate surface area is 74.9 Å². The molecule has 1 N–H and O–H groups in total. The molecular formula is C9H10BrN. The summed E-state index contributed by atoms with van der Waals surface area (Å²) in [4.78, 5) is 0. The number of nitrogens with one attached hydrogen (secondary N) is 1. The molecule has 1 fully saturated rings. The SMILES string of the molecule is CC1(c2ccc(Br)cc2)CN1. The fourth-order valence-corrected chi connectivity index (χ4v) is 1.42. The first kappa shape index (κ1) is 7.32. The van der Waals surface area contributed by atoms with E-state index < -0.39 is 0 Å². The van der Waals surface area contributed by atoms with Gasteiger partial charge in [0.1, 0.15) is 0 Å². The molecule has 1 aromatic carbocycles. The third-order valence-corrected chi connectivity index (χ3v) is 2.72. The van der Waals surface area contributed by atoms with Crippen LogP contribution in [0.2, 0.25) is 0 Å². The van der Waals surface area contributed by atoms with Crippen molar-refractivity contribution in [1.29, 1.82) is 0 Å². The molecule has 58 valence electrons. The van der Waals surface area contributed by atoms with Crippen molar-refractivity contribution in [3.8, 4) is 0 Å². The van der Waals surface area contributed by atoms with Crippen LogP contribution < -0.4 is 5.32 Å². The fraction of sp³-hybridized carbons (Fsp3) is 0.333. The van der Waals surface area contributed by atoms with Gasteiger partial charge in [-0.3, -0.25) is 0 Å². The van der Waals surface area contributed by atoms with Crippen LogP contribution in [0.5, 0.6) is 0 Å². The van der Waals surface area contributed by atoms with E-state index in [1.54, 1.807) is 0 Å². The molecule has 0 spiro atoms. The lowest BCUT2D eigenvalue weighted by Crippen LogP contribution is -2.05. The molecule has 1 aliphatic rings. The molecule has 0 amide bonds. The molecule has 2 heteroatoms. The van der Waals surface area contributed by atoms with E-state index in [1.807, 2.05) is 0 Å². The minimum atomic E-state index is 0.265. The van der Waals surface area contributed by atoms with Gasteiger partial charge in [-0.05, 0) is 24.6 Å². The van der Waals surface area contributed by atoms with E-state index in [2.05, 4.69) is 52.4 Å². The fourth-order valence-electron chi connectivity index (χ4n) is 1.15. The molecule has 0 radical (unpaired) electrons. The molecule has 1 unspecified atom stereocenters. The first-order valence-electron chi connectivity index (χ1n) is 3.72. The zero-order chi connectivity index (χ0) is 7.90. The Balaban J connectivity index is 2.33. The van der Waals surface area contributed by atoms with Crippen LogP contribution in [-0.4, -0.2) is 6.54 Å². The zero-order valence-electron chi connectivity index (χ0n) is 6.39. The second-order valence-electron chi connectivity index (χ2n) is 3.19. The summed E-state index contributed by atoms with van der Waals surface area (Å²) in [5.74, 6) is 0. The molecule has 0 bridgehead atoms. The van der Waals surface area contributed by atoms with Gasteiger partial charge in [-0.25, -0.2) is 0 Å². The van der Waals surface area contributed by atoms with E-state index in [1.165, 1.54) is 5.56 Å². The van der Waals surface area contributed by atoms with E-state index in [9.17, 15) is 0 Å². The summed E-state index contributed by atoms with van der Waals surface area (Å²) in [5, 5.41) is 3.33. The number of halogens is 1. The lowest BCUT2D eigenvalue weighted by molar-refractivity contribution is 0.764. The van der Waals surface area contributed by atoms with Crippen molar-refractivity contribution in [2.24, 2.45) is 0 Å². The first-order valence-corrected chi connectivity index (χ1v) is 4.51. The minimum absolute atomic E-state index is 0.265. The zero-order valence-corrected chi connectivity index (χ0v) is 7.98. The predicted octanol–water partition coefficient (Wildman–Crippen LogP) is 2.27. The summed E-state index contributed by atoms with van der Waals surface area (Å²) in [5.41, 5.74) is 1.64. The Morgan fingerprint density at radius 1 is 1.36 bits per heavy atom. The molecular weight excluding hydrogens is 202 g/mol. The molecule has 1 atom stereocenters. The van der Waals surface area contributed by atoms with Crippen molar-refractivity contribution in [3.05, 3.63) is 34.3 Å². The van der Waals surface area contributed by atoms with Crippen LogP contribution in [-0.2, 0) is 5.54 Å². The van der Waals surface area contributed by atoms with Gasteiger partial charge in [-0.1, -0.05) is 28.1 Å². The van der Waals surface area contributed by atoms with Crippen molar-refractivity contribution in [2.75, 3.05) is 6.54 Å². The lowest BCUT2D eigenvalue weighted by Gasteiger charge is -2.05. The highest BCUT2D eigenvalue weighted by Gasteiger charge is 2.37. The van der Waals surface area contributed by atoms with Gasteiger partial charge in [-0.2, -0.15) is 0 Å². The number of rotatable bonds is 1. The highest BCUT2D eigenvalue weighted by molar-refractivity contribution is 9.10. The van der Waals surface area contributed by atoms with Gasteiger partial charge < -0.3 is 5.32 Å². The van der Waals surface area contributed by atoms with Gasteiger partial charge >= 0.3 is 0 Å². The van der Waals surface area contributed by atoms with Crippen LogP contribution in [0.3, 0.4) is 0 Å².